The molecule has 1 unspecified atom stereocenters. The Labute approximate surface area is 137 Å². The molecule has 0 bridgehead atoms. The second-order valence-electron chi connectivity index (χ2n) is 6.75. The van der Waals surface area contributed by atoms with Crippen LogP contribution in [0.3, 0.4) is 0 Å². The monoisotopic (exact) mass is 319 g/mol. The number of nitrogens with zero attached hydrogens (tertiary/aromatic N) is 1. The molecule has 23 heavy (non-hydrogen) atoms. The summed E-state index contributed by atoms with van der Waals surface area (Å²) in [5.41, 5.74) is -0.205. The Hall–Kier alpha value is -2.04. The summed E-state index contributed by atoms with van der Waals surface area (Å²) in [7, 11) is 0. The predicted octanol–water partition coefficient (Wildman–Crippen LogP) is 2.73. The highest BCUT2D eigenvalue weighted by atomic mass is 16.5. The molecule has 1 aliphatic heterocycles. The highest BCUT2D eigenvalue weighted by molar-refractivity contribution is 5.88. The molecular formula is C18H25NO4. The van der Waals surface area contributed by atoms with E-state index in [0.717, 1.165) is 17.7 Å². The van der Waals surface area contributed by atoms with Gasteiger partial charge in [-0.25, -0.2) is 4.79 Å². The summed E-state index contributed by atoms with van der Waals surface area (Å²) in [6.07, 6.45) is 1.46. The molecule has 1 heterocycles. The van der Waals surface area contributed by atoms with Gasteiger partial charge in [-0.15, -0.1) is 0 Å². The molecule has 1 fully saturated rings. The van der Waals surface area contributed by atoms with E-state index in [1.165, 1.54) is 4.90 Å². The Morgan fingerprint density at radius 1 is 1.30 bits per heavy atom. The fourth-order valence-corrected chi connectivity index (χ4v) is 2.82. The first-order valence-electron chi connectivity index (χ1n) is 8.08. The summed E-state index contributed by atoms with van der Waals surface area (Å²) in [6.45, 7) is 6.97. The fraction of sp³-hybridized carbons (Fsp3) is 0.556. The van der Waals surface area contributed by atoms with Crippen molar-refractivity contribution >= 4 is 11.9 Å². The van der Waals surface area contributed by atoms with Gasteiger partial charge < -0.3 is 14.7 Å². The maximum absolute atomic E-state index is 12.5. The molecule has 1 aromatic rings. The molecule has 1 N–H and O–H groups in total. The number of ether oxygens (including phenoxy) is 1. The molecule has 0 spiro atoms. The van der Waals surface area contributed by atoms with Crippen LogP contribution in [0.1, 0.15) is 39.2 Å². The second-order valence-corrected chi connectivity index (χ2v) is 6.75. The van der Waals surface area contributed by atoms with Crippen molar-refractivity contribution < 1.29 is 19.4 Å². The molecule has 1 saturated heterocycles. The van der Waals surface area contributed by atoms with Crippen LogP contribution in [-0.2, 0) is 16.0 Å². The highest BCUT2D eigenvalue weighted by Crippen LogP contribution is 2.30. The number of likely N-dealkylation sites (tertiary alicyclic amines) is 1. The lowest BCUT2D eigenvalue weighted by molar-refractivity contribution is -0.155. The summed E-state index contributed by atoms with van der Waals surface area (Å²) in [4.78, 5) is 25.4. The number of carboxylic acid groups (broad SMARTS) is 1. The molecule has 0 saturated carbocycles. The van der Waals surface area contributed by atoms with E-state index in [0.29, 0.717) is 25.5 Å². The average molecular weight is 319 g/mol. The lowest BCUT2D eigenvalue weighted by Gasteiger charge is -2.31. The van der Waals surface area contributed by atoms with E-state index in [1.54, 1.807) is 6.92 Å². The summed E-state index contributed by atoms with van der Waals surface area (Å²) in [5, 5.41) is 9.39. The molecule has 5 nitrogen and oxygen atoms in total. The first-order valence-corrected chi connectivity index (χ1v) is 8.08. The molecule has 0 aromatic heterocycles. The van der Waals surface area contributed by atoms with Crippen LogP contribution in [0.25, 0.3) is 0 Å². The Bertz CT molecular complexity index is 567. The standard InChI is InChI=1S/C18H25NO4/c1-13(2)12-23-15-7-5-14(6-8-15)11-16(20)19-10-4-9-18(19,3)17(21)22/h5-8,13H,4,9-12H2,1-3H3,(H,21,22). The topological polar surface area (TPSA) is 66.8 Å². The van der Waals surface area contributed by atoms with Gasteiger partial charge in [0.2, 0.25) is 5.91 Å². The predicted molar refractivity (Wildman–Crippen MR) is 87.5 cm³/mol. The zero-order valence-electron chi connectivity index (χ0n) is 14.0. The van der Waals surface area contributed by atoms with Crippen molar-refractivity contribution in [2.45, 2.75) is 45.6 Å². The zero-order valence-corrected chi connectivity index (χ0v) is 14.0. The van der Waals surface area contributed by atoms with E-state index in [1.807, 2.05) is 24.3 Å². The van der Waals surface area contributed by atoms with E-state index in [2.05, 4.69) is 13.8 Å². The van der Waals surface area contributed by atoms with Gasteiger partial charge in [0.25, 0.3) is 0 Å². The third-order valence-corrected chi connectivity index (χ3v) is 4.26. The molecule has 1 atom stereocenters. The van der Waals surface area contributed by atoms with Gasteiger partial charge in [-0.2, -0.15) is 0 Å². The first kappa shape index (κ1) is 17.3. The van der Waals surface area contributed by atoms with Crippen LogP contribution < -0.4 is 4.74 Å². The number of carboxylic acids is 1. The SMILES string of the molecule is CC(C)COc1ccc(CC(=O)N2CCCC2(C)C(=O)O)cc1. The normalized spacial score (nSPS) is 20.8. The number of benzene rings is 1. The van der Waals surface area contributed by atoms with Crippen molar-refractivity contribution in [3.63, 3.8) is 0 Å². The Kier molecular flexibility index (Phi) is 5.29. The average Bonchev–Trinajstić information content (AvgIpc) is 2.90. The minimum Gasteiger partial charge on any atom is -0.493 e. The van der Waals surface area contributed by atoms with Crippen molar-refractivity contribution in [2.24, 2.45) is 5.92 Å². The smallest absolute Gasteiger partial charge is 0.329 e. The Morgan fingerprint density at radius 3 is 2.52 bits per heavy atom. The van der Waals surface area contributed by atoms with Gasteiger partial charge in [-0.05, 0) is 43.4 Å². The molecule has 2 rings (SSSR count). The lowest BCUT2D eigenvalue weighted by atomic mass is 9.98. The number of amides is 1. The van der Waals surface area contributed by atoms with Crippen LogP contribution in [0, 0.1) is 5.92 Å². The van der Waals surface area contributed by atoms with Gasteiger partial charge in [0, 0.05) is 6.54 Å². The van der Waals surface area contributed by atoms with Gasteiger partial charge in [0.1, 0.15) is 11.3 Å². The first-order chi connectivity index (χ1) is 10.8. The minimum atomic E-state index is -1.07. The van der Waals surface area contributed by atoms with Crippen molar-refractivity contribution in [1.82, 2.24) is 4.90 Å². The van der Waals surface area contributed by atoms with Crippen molar-refractivity contribution in [2.75, 3.05) is 13.2 Å². The number of hydrogen-bond acceptors (Lipinski definition) is 3. The van der Waals surface area contributed by atoms with Gasteiger partial charge in [0.15, 0.2) is 0 Å². The van der Waals surface area contributed by atoms with Gasteiger partial charge >= 0.3 is 5.97 Å². The quantitative estimate of drug-likeness (QED) is 0.875. The van der Waals surface area contributed by atoms with Gasteiger partial charge in [0.05, 0.1) is 13.0 Å². The van der Waals surface area contributed by atoms with Crippen LogP contribution in [0.4, 0.5) is 0 Å². The maximum atomic E-state index is 12.5. The summed E-state index contributed by atoms with van der Waals surface area (Å²) >= 11 is 0. The van der Waals surface area contributed by atoms with E-state index in [4.69, 9.17) is 4.74 Å². The van der Waals surface area contributed by atoms with Crippen LogP contribution in [0.15, 0.2) is 24.3 Å². The van der Waals surface area contributed by atoms with Crippen molar-refractivity contribution in [3.8, 4) is 5.75 Å². The van der Waals surface area contributed by atoms with Crippen molar-refractivity contribution in [1.29, 1.82) is 0 Å². The largest absolute Gasteiger partial charge is 0.493 e. The number of hydrogen-bond donors (Lipinski definition) is 1. The molecule has 5 heteroatoms. The summed E-state index contributed by atoms with van der Waals surface area (Å²) < 4.78 is 5.62. The van der Waals surface area contributed by atoms with Crippen LogP contribution >= 0.6 is 0 Å². The molecule has 0 aliphatic carbocycles. The lowest BCUT2D eigenvalue weighted by Crippen LogP contribution is -2.51. The van der Waals surface area contributed by atoms with Crippen molar-refractivity contribution in [3.05, 3.63) is 29.8 Å². The number of carbonyl (C=O) groups is 2. The second kappa shape index (κ2) is 7.02. The number of rotatable bonds is 6. The molecule has 1 aromatic carbocycles. The van der Waals surface area contributed by atoms with E-state index < -0.39 is 11.5 Å². The molecule has 1 aliphatic rings. The fourth-order valence-electron chi connectivity index (χ4n) is 2.82. The molecule has 126 valence electrons. The zero-order chi connectivity index (χ0) is 17.0. The molecule has 1 amide bonds. The van der Waals surface area contributed by atoms with Crippen LogP contribution in [0.2, 0.25) is 0 Å². The number of aliphatic carboxylic acids is 1. The van der Waals surface area contributed by atoms with E-state index in [-0.39, 0.29) is 12.3 Å². The summed E-state index contributed by atoms with van der Waals surface area (Å²) in [5.74, 6) is 0.176. The Balaban J connectivity index is 1.99. The maximum Gasteiger partial charge on any atom is 0.329 e. The molecule has 0 radical (unpaired) electrons. The minimum absolute atomic E-state index is 0.136. The van der Waals surface area contributed by atoms with Gasteiger partial charge in [-0.1, -0.05) is 26.0 Å². The van der Waals surface area contributed by atoms with E-state index in [9.17, 15) is 14.7 Å². The highest BCUT2D eigenvalue weighted by Gasteiger charge is 2.45. The van der Waals surface area contributed by atoms with Crippen LogP contribution in [0.5, 0.6) is 5.75 Å². The summed E-state index contributed by atoms with van der Waals surface area (Å²) in [6, 6.07) is 7.43. The van der Waals surface area contributed by atoms with E-state index >= 15 is 0 Å². The van der Waals surface area contributed by atoms with Gasteiger partial charge in [-0.3, -0.25) is 4.79 Å². The third-order valence-electron chi connectivity index (χ3n) is 4.26. The number of carbonyl (C=O) groups excluding carboxylic acids is 1. The third kappa shape index (κ3) is 4.03. The molecular weight excluding hydrogens is 294 g/mol. The van der Waals surface area contributed by atoms with Crippen LogP contribution in [-0.4, -0.2) is 40.6 Å². The Morgan fingerprint density at radius 2 is 1.96 bits per heavy atom.